The van der Waals surface area contributed by atoms with Crippen LogP contribution in [0.3, 0.4) is 0 Å². The Kier molecular flexibility index (Phi) is 9.70. The Morgan fingerprint density at radius 1 is 0.971 bits per heavy atom. The van der Waals surface area contributed by atoms with Crippen molar-refractivity contribution >= 4 is 27.5 Å². The second kappa shape index (κ2) is 12.1. The van der Waals surface area contributed by atoms with Crippen molar-refractivity contribution in [2.75, 3.05) is 17.1 Å². The zero-order valence-electron chi connectivity index (χ0n) is 20.1. The Labute approximate surface area is 204 Å². The number of halogens is 3. The quantitative estimate of drug-likeness (QED) is 0.498. The van der Waals surface area contributed by atoms with Crippen LogP contribution >= 0.6 is 0 Å². The summed E-state index contributed by atoms with van der Waals surface area (Å²) in [7, 11) is -4.08. The van der Waals surface area contributed by atoms with Gasteiger partial charge in [0, 0.05) is 18.7 Å². The highest BCUT2D eigenvalue weighted by atomic mass is 32.2. The van der Waals surface area contributed by atoms with Gasteiger partial charge in [0.15, 0.2) is 11.6 Å². The molecule has 2 unspecified atom stereocenters. The Morgan fingerprint density at radius 2 is 1.60 bits per heavy atom. The van der Waals surface area contributed by atoms with Crippen LogP contribution in [0.2, 0.25) is 0 Å². The molecule has 2 atom stereocenters. The molecular formula is C24H30F3N3O4S. The van der Waals surface area contributed by atoms with Crippen molar-refractivity contribution in [3.05, 3.63) is 65.5 Å². The van der Waals surface area contributed by atoms with Gasteiger partial charge in [0.1, 0.15) is 18.4 Å². The largest absolute Gasteiger partial charge is 0.352 e. The van der Waals surface area contributed by atoms with E-state index in [0.29, 0.717) is 22.4 Å². The Morgan fingerprint density at radius 3 is 2.11 bits per heavy atom. The van der Waals surface area contributed by atoms with Crippen LogP contribution in [0.1, 0.15) is 39.2 Å². The number of hydrogen-bond acceptors (Lipinski definition) is 4. The molecule has 2 aromatic carbocycles. The van der Waals surface area contributed by atoms with Crippen LogP contribution in [0, 0.1) is 17.5 Å². The van der Waals surface area contributed by atoms with Gasteiger partial charge in [0.05, 0.1) is 11.9 Å². The Balaban J connectivity index is 2.45. The second-order valence-electron chi connectivity index (χ2n) is 8.26. The lowest BCUT2D eigenvalue weighted by Crippen LogP contribution is -2.53. The van der Waals surface area contributed by atoms with E-state index in [1.54, 1.807) is 6.92 Å². The van der Waals surface area contributed by atoms with Crippen molar-refractivity contribution in [1.29, 1.82) is 0 Å². The molecule has 0 spiro atoms. The minimum Gasteiger partial charge on any atom is -0.352 e. The van der Waals surface area contributed by atoms with Gasteiger partial charge in [-0.3, -0.25) is 13.9 Å². The van der Waals surface area contributed by atoms with Crippen molar-refractivity contribution in [2.45, 2.75) is 52.2 Å². The van der Waals surface area contributed by atoms with Crippen molar-refractivity contribution in [2.24, 2.45) is 0 Å². The summed E-state index contributed by atoms with van der Waals surface area (Å²) in [5.74, 6) is -4.08. The molecule has 0 aromatic heterocycles. The highest BCUT2D eigenvalue weighted by Crippen LogP contribution is 2.22. The molecule has 2 rings (SSSR count). The molecule has 2 aromatic rings. The van der Waals surface area contributed by atoms with E-state index in [2.05, 4.69) is 5.32 Å². The molecule has 0 aliphatic heterocycles. The first kappa shape index (κ1) is 28.2. The minimum atomic E-state index is -4.08. The number of anilines is 1. The average molecular weight is 514 g/mol. The second-order valence-corrected chi connectivity index (χ2v) is 10.2. The van der Waals surface area contributed by atoms with Gasteiger partial charge in [0.25, 0.3) is 0 Å². The first-order valence-corrected chi connectivity index (χ1v) is 13.0. The van der Waals surface area contributed by atoms with Crippen LogP contribution in [0.5, 0.6) is 0 Å². The van der Waals surface area contributed by atoms with Crippen LogP contribution in [0.15, 0.2) is 42.5 Å². The number of hydrogen-bond donors (Lipinski definition) is 1. The third-order valence-corrected chi connectivity index (χ3v) is 6.66. The molecule has 0 radical (unpaired) electrons. The van der Waals surface area contributed by atoms with Crippen LogP contribution in [-0.2, 0) is 26.2 Å². The van der Waals surface area contributed by atoms with E-state index in [9.17, 15) is 31.2 Å². The molecule has 0 saturated heterocycles. The summed E-state index contributed by atoms with van der Waals surface area (Å²) in [6.45, 7) is 4.55. The first-order chi connectivity index (χ1) is 16.4. The number of sulfonamides is 1. The number of amides is 2. The average Bonchev–Trinajstić information content (AvgIpc) is 2.79. The van der Waals surface area contributed by atoms with E-state index in [0.717, 1.165) is 18.4 Å². The third-order valence-electron chi connectivity index (χ3n) is 5.52. The van der Waals surface area contributed by atoms with E-state index in [-0.39, 0.29) is 24.7 Å². The summed E-state index contributed by atoms with van der Waals surface area (Å²) in [5.41, 5.74) is 0.284. The number of carbonyl (C=O) groups is 2. The van der Waals surface area contributed by atoms with Gasteiger partial charge in [-0.15, -0.1) is 0 Å². The molecule has 35 heavy (non-hydrogen) atoms. The van der Waals surface area contributed by atoms with Crippen molar-refractivity contribution in [1.82, 2.24) is 10.2 Å². The van der Waals surface area contributed by atoms with Gasteiger partial charge in [-0.2, -0.15) is 0 Å². The van der Waals surface area contributed by atoms with Crippen LogP contribution in [0.4, 0.5) is 18.9 Å². The first-order valence-electron chi connectivity index (χ1n) is 11.1. The van der Waals surface area contributed by atoms with Gasteiger partial charge in [0.2, 0.25) is 21.8 Å². The number of carbonyl (C=O) groups excluding carboxylic acids is 2. The summed E-state index contributed by atoms with van der Waals surface area (Å²) >= 11 is 0. The fourth-order valence-corrected chi connectivity index (χ4v) is 4.24. The van der Waals surface area contributed by atoms with Crippen molar-refractivity contribution in [3.63, 3.8) is 0 Å². The normalized spacial score (nSPS) is 13.1. The molecule has 0 aliphatic carbocycles. The van der Waals surface area contributed by atoms with Gasteiger partial charge >= 0.3 is 0 Å². The van der Waals surface area contributed by atoms with Crippen molar-refractivity contribution in [3.8, 4) is 0 Å². The lowest BCUT2D eigenvalue weighted by Gasteiger charge is -2.33. The van der Waals surface area contributed by atoms with E-state index in [1.165, 1.54) is 29.2 Å². The van der Waals surface area contributed by atoms with E-state index in [1.807, 2.05) is 13.8 Å². The van der Waals surface area contributed by atoms with Gasteiger partial charge < -0.3 is 10.2 Å². The topological polar surface area (TPSA) is 86.8 Å². The smallest absolute Gasteiger partial charge is 0.244 e. The summed E-state index contributed by atoms with van der Waals surface area (Å²) in [6.07, 6.45) is 1.71. The Bertz CT molecular complexity index is 1140. The minimum absolute atomic E-state index is 0.0963. The fraction of sp³-hybridized carbons (Fsp3) is 0.417. The summed E-state index contributed by atoms with van der Waals surface area (Å²) in [6, 6.07) is 6.71. The standard InChI is InChI=1S/C24H30F3N3O4S/c1-5-16(3)28-24(32)22(6-2)29(14-17-7-9-18(25)10-8-17)23(31)15-30(35(4,33)34)19-11-12-20(26)21(27)13-19/h7-13,16,22H,5-6,14-15H2,1-4H3,(H,28,32). The zero-order chi connectivity index (χ0) is 26.3. The molecule has 0 saturated carbocycles. The lowest BCUT2D eigenvalue weighted by atomic mass is 10.1. The maximum atomic E-state index is 13.8. The van der Waals surface area contributed by atoms with Gasteiger partial charge in [-0.05, 0) is 49.6 Å². The van der Waals surface area contributed by atoms with Gasteiger partial charge in [-0.1, -0.05) is 26.0 Å². The summed E-state index contributed by atoms with van der Waals surface area (Å²) < 4.78 is 66.2. The number of benzene rings is 2. The molecular weight excluding hydrogens is 483 g/mol. The maximum Gasteiger partial charge on any atom is 0.244 e. The molecule has 192 valence electrons. The van der Waals surface area contributed by atoms with Crippen molar-refractivity contribution < 1.29 is 31.2 Å². The molecule has 7 nitrogen and oxygen atoms in total. The molecule has 1 N–H and O–H groups in total. The number of nitrogens with one attached hydrogen (secondary N) is 1. The number of rotatable bonds is 11. The number of nitrogens with zero attached hydrogens (tertiary/aromatic N) is 2. The molecule has 2 amide bonds. The molecule has 0 fully saturated rings. The summed E-state index contributed by atoms with van der Waals surface area (Å²) in [5, 5.41) is 2.82. The molecule has 11 heteroatoms. The highest BCUT2D eigenvalue weighted by Gasteiger charge is 2.32. The monoisotopic (exact) mass is 513 g/mol. The Hall–Kier alpha value is -3.08. The van der Waals surface area contributed by atoms with Crippen LogP contribution < -0.4 is 9.62 Å². The highest BCUT2D eigenvalue weighted by molar-refractivity contribution is 7.92. The van der Waals surface area contributed by atoms with E-state index >= 15 is 0 Å². The summed E-state index contributed by atoms with van der Waals surface area (Å²) in [4.78, 5) is 27.6. The maximum absolute atomic E-state index is 13.8. The predicted octanol–water partition coefficient (Wildman–Crippen LogP) is 3.59. The predicted molar refractivity (Wildman–Crippen MR) is 127 cm³/mol. The molecule has 0 aliphatic rings. The van der Waals surface area contributed by atoms with Crippen LogP contribution in [0.25, 0.3) is 0 Å². The van der Waals surface area contributed by atoms with E-state index < -0.39 is 51.9 Å². The van der Waals surface area contributed by atoms with Crippen LogP contribution in [-0.4, -0.2) is 50.0 Å². The van der Waals surface area contributed by atoms with E-state index in [4.69, 9.17) is 0 Å². The van der Waals surface area contributed by atoms with Gasteiger partial charge in [-0.25, -0.2) is 21.6 Å². The fourth-order valence-electron chi connectivity index (χ4n) is 3.40. The SMILES string of the molecule is CCC(C)NC(=O)C(CC)N(Cc1ccc(F)cc1)C(=O)CN(c1ccc(F)c(F)c1)S(C)(=O)=O. The molecule has 0 heterocycles. The zero-order valence-corrected chi connectivity index (χ0v) is 20.9. The molecule has 0 bridgehead atoms. The lowest BCUT2D eigenvalue weighted by molar-refractivity contribution is -0.140. The third kappa shape index (κ3) is 7.71.